The maximum absolute atomic E-state index is 2.31. The molecular formula is C32H24. The fourth-order valence-corrected chi connectivity index (χ4v) is 5.56. The van der Waals surface area contributed by atoms with Crippen LogP contribution >= 0.6 is 0 Å². The molecule has 0 spiro atoms. The first-order valence-electron chi connectivity index (χ1n) is 11.2. The average Bonchev–Trinajstić information content (AvgIpc) is 3.17. The highest BCUT2D eigenvalue weighted by molar-refractivity contribution is 5.92. The number of rotatable bonds is 3. The Labute approximate surface area is 189 Å². The highest BCUT2D eigenvalue weighted by Crippen LogP contribution is 2.58. The summed E-state index contributed by atoms with van der Waals surface area (Å²) in [4.78, 5) is 0. The van der Waals surface area contributed by atoms with Gasteiger partial charge in [-0.15, -0.1) is 0 Å². The Hall–Kier alpha value is -3.90. The molecule has 5 aromatic carbocycles. The zero-order valence-corrected chi connectivity index (χ0v) is 18.1. The van der Waals surface area contributed by atoms with Gasteiger partial charge < -0.3 is 0 Å². The molecule has 0 unspecified atom stereocenters. The van der Waals surface area contributed by atoms with Crippen molar-refractivity contribution in [2.75, 3.05) is 0 Å². The molecule has 1 aliphatic carbocycles. The van der Waals surface area contributed by atoms with Gasteiger partial charge in [0.25, 0.3) is 0 Å². The smallest absolute Gasteiger partial charge is 0.0622 e. The van der Waals surface area contributed by atoms with Gasteiger partial charge in [-0.25, -0.2) is 0 Å². The summed E-state index contributed by atoms with van der Waals surface area (Å²) < 4.78 is 0. The molecule has 0 heteroatoms. The quantitative estimate of drug-likeness (QED) is 0.278. The van der Waals surface area contributed by atoms with Gasteiger partial charge in [-0.1, -0.05) is 133 Å². The van der Waals surface area contributed by atoms with Crippen LogP contribution in [0.25, 0.3) is 22.3 Å². The Kier molecular flexibility index (Phi) is 4.33. The first kappa shape index (κ1) is 18.8. The molecule has 0 nitrogen and oxygen atoms in total. The molecule has 0 fully saturated rings. The van der Waals surface area contributed by atoms with Crippen LogP contribution in [0.1, 0.15) is 27.8 Å². The third-order valence-corrected chi connectivity index (χ3v) is 6.80. The van der Waals surface area contributed by atoms with E-state index in [2.05, 4.69) is 134 Å². The van der Waals surface area contributed by atoms with Crippen molar-refractivity contribution in [2.45, 2.75) is 12.3 Å². The Bertz CT molecular complexity index is 1370. The minimum Gasteiger partial charge on any atom is -0.0622 e. The van der Waals surface area contributed by atoms with E-state index >= 15 is 0 Å². The maximum atomic E-state index is 2.31. The van der Waals surface area contributed by atoms with E-state index in [4.69, 9.17) is 0 Å². The first-order valence-corrected chi connectivity index (χ1v) is 11.2. The molecule has 6 rings (SSSR count). The second-order valence-electron chi connectivity index (χ2n) is 8.63. The molecule has 0 atom stereocenters. The fourth-order valence-electron chi connectivity index (χ4n) is 5.56. The van der Waals surface area contributed by atoms with E-state index in [0.717, 1.165) is 0 Å². The van der Waals surface area contributed by atoms with Crippen LogP contribution in [0.5, 0.6) is 0 Å². The standard InChI is InChI=1S/C32H24/c1-23-12-10-13-24(22-23)27-19-11-20-29-28-18-8-9-21-30(28)32(31(27)29,25-14-4-2-5-15-25)26-16-6-3-7-17-26/h2-22H,1H3. The molecule has 0 saturated carbocycles. The molecule has 0 aliphatic heterocycles. The van der Waals surface area contributed by atoms with Gasteiger partial charge in [-0.05, 0) is 51.4 Å². The van der Waals surface area contributed by atoms with Crippen molar-refractivity contribution in [1.82, 2.24) is 0 Å². The third kappa shape index (κ3) is 2.63. The number of hydrogen-bond donors (Lipinski definition) is 0. The summed E-state index contributed by atoms with van der Waals surface area (Å²) >= 11 is 0. The third-order valence-electron chi connectivity index (χ3n) is 6.80. The van der Waals surface area contributed by atoms with Crippen molar-refractivity contribution in [1.29, 1.82) is 0 Å². The van der Waals surface area contributed by atoms with Gasteiger partial charge >= 0.3 is 0 Å². The largest absolute Gasteiger partial charge is 0.0719 e. The van der Waals surface area contributed by atoms with Crippen LogP contribution in [0, 0.1) is 6.92 Å². The van der Waals surface area contributed by atoms with E-state index in [-0.39, 0.29) is 5.41 Å². The topological polar surface area (TPSA) is 0 Å². The van der Waals surface area contributed by atoms with Gasteiger partial charge in [0.15, 0.2) is 0 Å². The Balaban J connectivity index is 1.82. The molecule has 0 amide bonds. The lowest BCUT2D eigenvalue weighted by Gasteiger charge is -2.35. The fraction of sp³-hybridized carbons (Fsp3) is 0.0625. The van der Waals surface area contributed by atoms with Crippen molar-refractivity contribution < 1.29 is 0 Å². The molecule has 1 aliphatic rings. The highest BCUT2D eigenvalue weighted by Gasteiger charge is 2.47. The van der Waals surface area contributed by atoms with E-state index in [1.807, 2.05) is 0 Å². The molecule has 0 heterocycles. The monoisotopic (exact) mass is 408 g/mol. The highest BCUT2D eigenvalue weighted by atomic mass is 14.5. The lowest BCUT2D eigenvalue weighted by atomic mass is 9.66. The van der Waals surface area contributed by atoms with Crippen LogP contribution < -0.4 is 0 Å². The lowest BCUT2D eigenvalue weighted by molar-refractivity contribution is 0.770. The van der Waals surface area contributed by atoms with Gasteiger partial charge in [0.2, 0.25) is 0 Å². The van der Waals surface area contributed by atoms with E-state index < -0.39 is 0 Å². The second-order valence-corrected chi connectivity index (χ2v) is 8.63. The predicted octanol–water partition coefficient (Wildman–Crippen LogP) is 8.03. The first-order chi connectivity index (χ1) is 15.8. The molecule has 0 radical (unpaired) electrons. The summed E-state index contributed by atoms with van der Waals surface area (Å²) in [5, 5.41) is 0. The van der Waals surface area contributed by atoms with Crippen LogP contribution in [0.15, 0.2) is 127 Å². The predicted molar refractivity (Wildman–Crippen MR) is 134 cm³/mol. The lowest BCUT2D eigenvalue weighted by Crippen LogP contribution is -2.29. The zero-order chi connectivity index (χ0) is 21.5. The molecule has 0 N–H and O–H groups in total. The van der Waals surface area contributed by atoms with Crippen LogP contribution in [-0.4, -0.2) is 0 Å². The van der Waals surface area contributed by atoms with E-state index in [1.165, 1.54) is 50.1 Å². The Morgan fingerprint density at radius 3 is 1.72 bits per heavy atom. The molecule has 152 valence electrons. The van der Waals surface area contributed by atoms with Crippen LogP contribution in [0.2, 0.25) is 0 Å². The normalized spacial score (nSPS) is 13.4. The molecule has 5 aromatic rings. The summed E-state index contributed by atoms with van der Waals surface area (Å²) in [6, 6.07) is 46.6. The number of aryl methyl sites for hydroxylation is 1. The van der Waals surface area contributed by atoms with E-state index in [9.17, 15) is 0 Å². The van der Waals surface area contributed by atoms with Crippen molar-refractivity contribution in [3.05, 3.63) is 155 Å². The minimum atomic E-state index is -0.366. The summed E-state index contributed by atoms with van der Waals surface area (Å²) in [5.74, 6) is 0. The van der Waals surface area contributed by atoms with Crippen LogP contribution in [0.4, 0.5) is 0 Å². The van der Waals surface area contributed by atoms with E-state index in [0.29, 0.717) is 0 Å². The van der Waals surface area contributed by atoms with Gasteiger partial charge in [-0.3, -0.25) is 0 Å². The average molecular weight is 409 g/mol. The van der Waals surface area contributed by atoms with Crippen LogP contribution in [-0.2, 0) is 5.41 Å². The molecule has 32 heavy (non-hydrogen) atoms. The van der Waals surface area contributed by atoms with Gasteiger partial charge in [-0.2, -0.15) is 0 Å². The Morgan fingerprint density at radius 1 is 0.469 bits per heavy atom. The van der Waals surface area contributed by atoms with Gasteiger partial charge in [0.05, 0.1) is 5.41 Å². The molecule has 0 saturated heterocycles. The summed E-state index contributed by atoms with van der Waals surface area (Å²) in [7, 11) is 0. The Morgan fingerprint density at radius 2 is 1.03 bits per heavy atom. The van der Waals surface area contributed by atoms with E-state index in [1.54, 1.807) is 0 Å². The number of benzene rings is 5. The SMILES string of the molecule is Cc1cccc(-c2cccc3c2C(c2ccccc2)(c2ccccc2)c2ccccc2-3)c1. The summed E-state index contributed by atoms with van der Waals surface area (Å²) in [6.07, 6.45) is 0. The molecule has 0 aromatic heterocycles. The van der Waals surface area contributed by atoms with Gasteiger partial charge in [0, 0.05) is 0 Å². The second kappa shape index (κ2) is 7.35. The maximum Gasteiger partial charge on any atom is 0.0719 e. The molecular weight excluding hydrogens is 384 g/mol. The summed E-state index contributed by atoms with van der Waals surface area (Å²) in [5.41, 5.74) is 11.5. The van der Waals surface area contributed by atoms with Crippen LogP contribution in [0.3, 0.4) is 0 Å². The van der Waals surface area contributed by atoms with Crippen molar-refractivity contribution >= 4 is 0 Å². The minimum absolute atomic E-state index is 0.366. The van der Waals surface area contributed by atoms with Gasteiger partial charge in [0.1, 0.15) is 0 Å². The number of fused-ring (bicyclic) bond motifs is 3. The number of hydrogen-bond acceptors (Lipinski definition) is 0. The van der Waals surface area contributed by atoms with Crippen molar-refractivity contribution in [2.24, 2.45) is 0 Å². The van der Waals surface area contributed by atoms with Crippen molar-refractivity contribution in [3.8, 4) is 22.3 Å². The summed E-state index contributed by atoms with van der Waals surface area (Å²) in [6.45, 7) is 2.17. The van der Waals surface area contributed by atoms with Crippen molar-refractivity contribution in [3.63, 3.8) is 0 Å². The molecule has 0 bridgehead atoms. The zero-order valence-electron chi connectivity index (χ0n) is 18.1.